The van der Waals surface area contributed by atoms with Gasteiger partial charge in [0.2, 0.25) is 0 Å². The van der Waals surface area contributed by atoms with Crippen LogP contribution in [0.5, 0.6) is 0 Å². The van der Waals surface area contributed by atoms with Gasteiger partial charge in [-0.3, -0.25) is 0 Å². The number of hydrogen-bond acceptors (Lipinski definition) is 1. The Morgan fingerprint density at radius 1 is 0.500 bits per heavy atom. The summed E-state index contributed by atoms with van der Waals surface area (Å²) in [5.74, 6) is 0. The van der Waals surface area contributed by atoms with Gasteiger partial charge in [-0.1, -0.05) is 112 Å². The third-order valence-corrected chi connectivity index (χ3v) is 4.81. The summed E-state index contributed by atoms with van der Waals surface area (Å²) < 4.78 is 5.52. The van der Waals surface area contributed by atoms with E-state index in [0.29, 0.717) is 0 Å². The summed E-state index contributed by atoms with van der Waals surface area (Å²) in [6, 6.07) is 0. The normalized spacial score (nSPS) is 14.5. The number of unbranched alkanes of at least 4 members (excludes halogenated alkanes) is 2. The average Bonchev–Trinajstić information content (AvgIpc) is 2.52. The molecule has 150 valence electrons. The average molecular weight is 361 g/mol. The third kappa shape index (κ3) is 43.2. The monoisotopic (exact) mass is 360 g/mol. The highest BCUT2D eigenvalue weighted by Crippen LogP contribution is 2.15. The molecular weight excluding hydrogens is 308 g/mol. The van der Waals surface area contributed by atoms with Crippen LogP contribution in [0.25, 0.3) is 0 Å². The highest BCUT2D eigenvalue weighted by Gasteiger charge is 2.12. The largest absolute Gasteiger partial charge is 0.418 e. The van der Waals surface area contributed by atoms with Crippen LogP contribution in [0.4, 0.5) is 0 Å². The van der Waals surface area contributed by atoms with Crippen molar-refractivity contribution < 1.29 is 4.43 Å². The lowest BCUT2D eigenvalue weighted by Gasteiger charge is -2.15. The van der Waals surface area contributed by atoms with Crippen LogP contribution >= 0.6 is 0 Å². The molecule has 1 fully saturated rings. The Bertz CT molecular complexity index is 155. The minimum absolute atomic E-state index is 0.940. The van der Waals surface area contributed by atoms with Gasteiger partial charge < -0.3 is 4.43 Å². The maximum Gasteiger partial charge on any atom is 0.183 e. The highest BCUT2D eigenvalue weighted by atomic mass is 28.4. The first kappa shape index (κ1) is 29.0. The van der Waals surface area contributed by atoms with E-state index >= 15 is 0 Å². The van der Waals surface area contributed by atoms with Gasteiger partial charge in [-0.05, 0) is 26.1 Å². The SMILES string of the molecule is C1CCCCCCC1.CCCC.CCCC.CCCO[Si](C)(C)C. The van der Waals surface area contributed by atoms with Crippen molar-refractivity contribution in [2.24, 2.45) is 0 Å². The van der Waals surface area contributed by atoms with Crippen molar-refractivity contribution in [3.8, 4) is 0 Å². The van der Waals surface area contributed by atoms with Gasteiger partial charge in [-0.2, -0.15) is 0 Å². The maximum absolute atomic E-state index is 5.52. The van der Waals surface area contributed by atoms with E-state index in [1.165, 1.54) is 77.0 Å². The summed E-state index contributed by atoms with van der Waals surface area (Å²) in [4.78, 5) is 0. The van der Waals surface area contributed by atoms with Crippen molar-refractivity contribution in [1.82, 2.24) is 0 Å². The topological polar surface area (TPSA) is 9.23 Å². The van der Waals surface area contributed by atoms with Gasteiger partial charge in [0.1, 0.15) is 0 Å². The van der Waals surface area contributed by atoms with Crippen LogP contribution in [0.1, 0.15) is 118 Å². The molecule has 1 aliphatic rings. The zero-order valence-electron chi connectivity index (χ0n) is 18.8. The molecule has 0 aliphatic heterocycles. The zero-order valence-corrected chi connectivity index (χ0v) is 19.8. The highest BCUT2D eigenvalue weighted by molar-refractivity contribution is 6.69. The van der Waals surface area contributed by atoms with Crippen LogP contribution in [-0.2, 0) is 4.43 Å². The number of rotatable bonds is 5. The molecule has 0 atom stereocenters. The van der Waals surface area contributed by atoms with Crippen molar-refractivity contribution in [1.29, 1.82) is 0 Å². The molecule has 0 aromatic rings. The molecule has 0 N–H and O–H groups in total. The van der Waals surface area contributed by atoms with Gasteiger partial charge in [-0.15, -0.1) is 0 Å². The van der Waals surface area contributed by atoms with Crippen molar-refractivity contribution in [3.63, 3.8) is 0 Å². The number of hydrogen-bond donors (Lipinski definition) is 0. The van der Waals surface area contributed by atoms with Crippen LogP contribution < -0.4 is 0 Å². The summed E-state index contributed by atoms with van der Waals surface area (Å²) >= 11 is 0. The molecule has 1 aliphatic carbocycles. The lowest BCUT2D eigenvalue weighted by atomic mass is 10.0. The predicted octanol–water partition coefficient (Wildman–Crippen LogP) is 8.98. The molecule has 0 radical (unpaired) electrons. The Morgan fingerprint density at radius 3 is 0.833 bits per heavy atom. The predicted molar refractivity (Wildman–Crippen MR) is 118 cm³/mol. The first-order valence-electron chi connectivity index (χ1n) is 11.0. The van der Waals surface area contributed by atoms with E-state index in [4.69, 9.17) is 4.43 Å². The molecule has 0 aromatic heterocycles. The summed E-state index contributed by atoms with van der Waals surface area (Å²) in [5.41, 5.74) is 0. The van der Waals surface area contributed by atoms with E-state index in [2.05, 4.69) is 54.3 Å². The van der Waals surface area contributed by atoms with E-state index in [9.17, 15) is 0 Å². The fourth-order valence-corrected chi connectivity index (χ4v) is 2.64. The minimum Gasteiger partial charge on any atom is -0.418 e. The molecule has 24 heavy (non-hydrogen) atoms. The second-order valence-electron chi connectivity index (χ2n) is 7.79. The molecule has 1 nitrogen and oxygen atoms in total. The molecule has 1 saturated carbocycles. The summed E-state index contributed by atoms with van der Waals surface area (Å²) in [7, 11) is -1.18. The van der Waals surface area contributed by atoms with E-state index < -0.39 is 8.32 Å². The van der Waals surface area contributed by atoms with Crippen LogP contribution in [0.2, 0.25) is 19.6 Å². The van der Waals surface area contributed by atoms with Crippen molar-refractivity contribution in [2.45, 2.75) is 138 Å². The zero-order chi connectivity index (χ0) is 19.1. The lowest BCUT2D eigenvalue weighted by Crippen LogP contribution is -2.25. The molecule has 1 rings (SSSR count). The van der Waals surface area contributed by atoms with E-state index in [0.717, 1.165) is 13.0 Å². The summed E-state index contributed by atoms with van der Waals surface area (Å²) in [5, 5.41) is 0. The first-order chi connectivity index (χ1) is 11.4. The van der Waals surface area contributed by atoms with E-state index in [1.54, 1.807) is 0 Å². The Balaban J connectivity index is -0.000000260. The van der Waals surface area contributed by atoms with E-state index in [1.807, 2.05) is 0 Å². The quantitative estimate of drug-likeness (QED) is 0.444. The Labute approximate surface area is 157 Å². The Hall–Kier alpha value is 0.177. The molecule has 0 heterocycles. The Morgan fingerprint density at radius 2 is 0.750 bits per heavy atom. The fourth-order valence-electron chi connectivity index (χ4n) is 1.82. The van der Waals surface area contributed by atoms with E-state index in [-0.39, 0.29) is 0 Å². The molecule has 2 heteroatoms. The third-order valence-electron chi connectivity index (χ3n) is 3.74. The molecule has 0 saturated heterocycles. The Kier molecular flexibility index (Phi) is 30.7. The summed E-state index contributed by atoms with van der Waals surface area (Å²) in [6.07, 6.45) is 18.4. The smallest absolute Gasteiger partial charge is 0.183 e. The van der Waals surface area contributed by atoms with Crippen LogP contribution in [0, 0.1) is 0 Å². The first-order valence-corrected chi connectivity index (χ1v) is 14.4. The molecule has 0 bridgehead atoms. The lowest BCUT2D eigenvalue weighted by molar-refractivity contribution is 0.311. The second-order valence-corrected chi connectivity index (χ2v) is 12.3. The van der Waals surface area contributed by atoms with Crippen molar-refractivity contribution >= 4 is 8.32 Å². The molecule has 0 unspecified atom stereocenters. The van der Waals surface area contributed by atoms with Crippen LogP contribution in [0.3, 0.4) is 0 Å². The summed E-state index contributed by atoms with van der Waals surface area (Å²) in [6.45, 7) is 18.4. The second kappa shape index (κ2) is 25.4. The molecule has 0 spiro atoms. The fraction of sp³-hybridized carbons (Fsp3) is 1.00. The van der Waals surface area contributed by atoms with Gasteiger partial charge in [-0.25, -0.2) is 0 Å². The molecule has 0 amide bonds. The van der Waals surface area contributed by atoms with Crippen molar-refractivity contribution in [2.75, 3.05) is 6.61 Å². The molecule has 0 aromatic carbocycles. The van der Waals surface area contributed by atoms with Gasteiger partial charge in [0, 0.05) is 6.61 Å². The van der Waals surface area contributed by atoms with Gasteiger partial charge in [0.05, 0.1) is 0 Å². The van der Waals surface area contributed by atoms with Crippen molar-refractivity contribution in [3.05, 3.63) is 0 Å². The van der Waals surface area contributed by atoms with Gasteiger partial charge in [0.25, 0.3) is 0 Å². The standard InChI is InChI=1S/C8H16.C6H16OSi.2C4H10/c1-2-4-6-8-7-5-3-1;1-5-6-7-8(2,3)4;2*1-3-4-2/h1-8H2;5-6H2,1-4H3;2*3-4H2,1-2H3. The van der Waals surface area contributed by atoms with Gasteiger partial charge in [0.15, 0.2) is 8.32 Å². The molecular formula is C22H52OSi. The van der Waals surface area contributed by atoms with Gasteiger partial charge >= 0.3 is 0 Å². The van der Waals surface area contributed by atoms with Crippen LogP contribution in [-0.4, -0.2) is 14.9 Å². The minimum atomic E-state index is -1.18. The maximum atomic E-state index is 5.52. The van der Waals surface area contributed by atoms with Crippen LogP contribution in [0.15, 0.2) is 0 Å².